The second-order valence-electron chi connectivity index (χ2n) is 4.99. The summed E-state index contributed by atoms with van der Waals surface area (Å²) in [5, 5.41) is 5.17. The normalized spacial score (nSPS) is 13.4. The van der Waals surface area contributed by atoms with E-state index in [1.807, 2.05) is 18.2 Å². The van der Waals surface area contributed by atoms with Gasteiger partial charge in [-0.2, -0.15) is 0 Å². The zero-order valence-corrected chi connectivity index (χ0v) is 11.9. The Hall–Kier alpha value is -0.990. The molecular formula is C15H20ClNO. The van der Waals surface area contributed by atoms with Crippen LogP contribution in [0, 0.1) is 5.92 Å². The number of benzene rings is 1. The molecule has 1 unspecified atom stereocenters. The average Bonchev–Trinajstić information content (AvgIpc) is 2.66. The third-order valence-electron chi connectivity index (χ3n) is 3.43. The van der Waals surface area contributed by atoms with E-state index in [0.29, 0.717) is 17.2 Å². The van der Waals surface area contributed by atoms with Gasteiger partial charge in [-0.05, 0) is 30.0 Å². The number of fused-ring (bicyclic) bond motifs is 1. The lowest BCUT2D eigenvalue weighted by atomic mass is 10.0. The zero-order valence-electron chi connectivity index (χ0n) is 11.2. The standard InChI is InChI=1S/C15H20ClNO/c1-4-13(10(2)3)17-9-12-11-7-5-6-8-14(11)18-15(12)16/h5-8,10,13,17H,4,9H2,1-3H3. The average molecular weight is 266 g/mol. The molecule has 0 aliphatic rings. The number of hydrogen-bond acceptors (Lipinski definition) is 2. The van der Waals surface area contributed by atoms with Crippen LogP contribution in [0.2, 0.25) is 5.22 Å². The third-order valence-corrected chi connectivity index (χ3v) is 3.74. The lowest BCUT2D eigenvalue weighted by molar-refractivity contribution is 0.387. The Kier molecular flexibility index (Phi) is 4.31. The van der Waals surface area contributed by atoms with E-state index in [4.69, 9.17) is 16.0 Å². The number of para-hydroxylation sites is 1. The van der Waals surface area contributed by atoms with Crippen LogP contribution in [0.5, 0.6) is 0 Å². The van der Waals surface area contributed by atoms with Gasteiger partial charge in [-0.15, -0.1) is 0 Å². The maximum Gasteiger partial charge on any atom is 0.199 e. The van der Waals surface area contributed by atoms with Crippen molar-refractivity contribution in [3.8, 4) is 0 Å². The summed E-state index contributed by atoms with van der Waals surface area (Å²) in [6.07, 6.45) is 1.12. The molecule has 0 bridgehead atoms. The summed E-state index contributed by atoms with van der Waals surface area (Å²) in [7, 11) is 0. The Morgan fingerprint density at radius 2 is 2.00 bits per heavy atom. The number of hydrogen-bond donors (Lipinski definition) is 1. The zero-order chi connectivity index (χ0) is 13.1. The minimum atomic E-state index is 0.502. The van der Waals surface area contributed by atoms with Crippen molar-refractivity contribution in [1.82, 2.24) is 5.32 Å². The number of rotatable bonds is 5. The maximum absolute atomic E-state index is 6.17. The van der Waals surface area contributed by atoms with Gasteiger partial charge in [0.25, 0.3) is 0 Å². The number of furan rings is 1. The monoisotopic (exact) mass is 265 g/mol. The van der Waals surface area contributed by atoms with Gasteiger partial charge in [0.2, 0.25) is 0 Å². The molecule has 98 valence electrons. The van der Waals surface area contributed by atoms with Crippen LogP contribution in [0.15, 0.2) is 28.7 Å². The summed E-state index contributed by atoms with van der Waals surface area (Å²) in [5.74, 6) is 0.618. The molecule has 3 heteroatoms. The van der Waals surface area contributed by atoms with E-state index in [-0.39, 0.29) is 0 Å². The van der Waals surface area contributed by atoms with E-state index in [0.717, 1.165) is 29.5 Å². The van der Waals surface area contributed by atoms with E-state index < -0.39 is 0 Å². The van der Waals surface area contributed by atoms with Crippen LogP contribution in [0.3, 0.4) is 0 Å². The van der Waals surface area contributed by atoms with Gasteiger partial charge in [0.15, 0.2) is 5.22 Å². The highest BCUT2D eigenvalue weighted by Crippen LogP contribution is 2.29. The second kappa shape index (κ2) is 5.77. The van der Waals surface area contributed by atoms with Crippen LogP contribution in [-0.2, 0) is 6.54 Å². The highest BCUT2D eigenvalue weighted by Gasteiger charge is 2.15. The van der Waals surface area contributed by atoms with Gasteiger partial charge in [0, 0.05) is 23.5 Å². The number of halogens is 1. The highest BCUT2D eigenvalue weighted by atomic mass is 35.5. The molecule has 1 atom stereocenters. The van der Waals surface area contributed by atoms with Crippen molar-refractivity contribution in [2.24, 2.45) is 5.92 Å². The molecule has 0 saturated carbocycles. The molecule has 0 fully saturated rings. The SMILES string of the molecule is CCC(NCc1c(Cl)oc2ccccc12)C(C)C. The first kappa shape index (κ1) is 13.4. The third kappa shape index (κ3) is 2.70. The van der Waals surface area contributed by atoms with Crippen molar-refractivity contribution >= 4 is 22.6 Å². The van der Waals surface area contributed by atoms with Gasteiger partial charge in [-0.1, -0.05) is 39.0 Å². The van der Waals surface area contributed by atoms with Crippen molar-refractivity contribution < 1.29 is 4.42 Å². The summed E-state index contributed by atoms with van der Waals surface area (Å²) >= 11 is 6.17. The summed E-state index contributed by atoms with van der Waals surface area (Å²) in [5.41, 5.74) is 1.92. The lowest BCUT2D eigenvalue weighted by Crippen LogP contribution is -2.32. The Labute approximate surface area is 113 Å². The highest BCUT2D eigenvalue weighted by molar-refractivity contribution is 6.30. The van der Waals surface area contributed by atoms with E-state index in [2.05, 4.69) is 32.2 Å². The minimum absolute atomic E-state index is 0.502. The first-order valence-electron chi connectivity index (χ1n) is 6.52. The Bertz CT molecular complexity index is 518. The van der Waals surface area contributed by atoms with E-state index >= 15 is 0 Å². The molecule has 2 aromatic rings. The fourth-order valence-corrected chi connectivity index (χ4v) is 2.57. The summed E-state index contributed by atoms with van der Waals surface area (Å²) in [6, 6.07) is 8.48. The molecule has 0 saturated heterocycles. The fraction of sp³-hybridized carbons (Fsp3) is 0.467. The topological polar surface area (TPSA) is 25.2 Å². The summed E-state index contributed by atoms with van der Waals surface area (Å²) in [6.45, 7) is 7.42. The Morgan fingerprint density at radius 3 is 2.67 bits per heavy atom. The lowest BCUT2D eigenvalue weighted by Gasteiger charge is -2.20. The van der Waals surface area contributed by atoms with E-state index in [1.165, 1.54) is 0 Å². The van der Waals surface area contributed by atoms with Crippen LogP contribution in [0.4, 0.5) is 0 Å². The molecule has 0 radical (unpaired) electrons. The largest absolute Gasteiger partial charge is 0.444 e. The van der Waals surface area contributed by atoms with Crippen LogP contribution in [0.25, 0.3) is 11.0 Å². The smallest absolute Gasteiger partial charge is 0.199 e. The van der Waals surface area contributed by atoms with Crippen LogP contribution < -0.4 is 5.32 Å². The van der Waals surface area contributed by atoms with Crippen molar-refractivity contribution in [3.05, 3.63) is 35.0 Å². The van der Waals surface area contributed by atoms with Crippen LogP contribution in [-0.4, -0.2) is 6.04 Å². The molecule has 1 aromatic carbocycles. The van der Waals surface area contributed by atoms with Crippen molar-refractivity contribution in [1.29, 1.82) is 0 Å². The van der Waals surface area contributed by atoms with Gasteiger partial charge in [-0.3, -0.25) is 0 Å². The quantitative estimate of drug-likeness (QED) is 0.854. The van der Waals surface area contributed by atoms with Crippen molar-refractivity contribution in [2.45, 2.75) is 39.8 Å². The fourth-order valence-electron chi connectivity index (χ4n) is 2.32. The molecule has 18 heavy (non-hydrogen) atoms. The van der Waals surface area contributed by atoms with Gasteiger partial charge in [0.1, 0.15) is 5.58 Å². The maximum atomic E-state index is 6.17. The molecule has 1 aromatic heterocycles. The molecule has 0 aliphatic carbocycles. The minimum Gasteiger partial charge on any atom is -0.444 e. The molecule has 1 N–H and O–H groups in total. The predicted octanol–water partition coefficient (Wildman–Crippen LogP) is 4.61. The summed E-state index contributed by atoms with van der Waals surface area (Å²) < 4.78 is 5.55. The van der Waals surface area contributed by atoms with Gasteiger partial charge >= 0.3 is 0 Å². The molecule has 0 aliphatic heterocycles. The van der Waals surface area contributed by atoms with Gasteiger partial charge in [-0.25, -0.2) is 0 Å². The van der Waals surface area contributed by atoms with E-state index in [1.54, 1.807) is 0 Å². The van der Waals surface area contributed by atoms with Crippen LogP contribution >= 0.6 is 11.6 Å². The molecular weight excluding hydrogens is 246 g/mol. The second-order valence-corrected chi connectivity index (χ2v) is 5.33. The molecule has 2 rings (SSSR count). The van der Waals surface area contributed by atoms with Gasteiger partial charge in [0.05, 0.1) is 0 Å². The van der Waals surface area contributed by atoms with Gasteiger partial charge < -0.3 is 9.73 Å². The van der Waals surface area contributed by atoms with Crippen molar-refractivity contribution in [2.75, 3.05) is 0 Å². The van der Waals surface area contributed by atoms with Crippen LogP contribution in [0.1, 0.15) is 32.8 Å². The first-order valence-corrected chi connectivity index (χ1v) is 6.90. The first-order chi connectivity index (χ1) is 8.63. The predicted molar refractivity (Wildman–Crippen MR) is 77.0 cm³/mol. The van der Waals surface area contributed by atoms with E-state index in [9.17, 15) is 0 Å². The summed E-state index contributed by atoms with van der Waals surface area (Å²) in [4.78, 5) is 0. The molecule has 2 nitrogen and oxygen atoms in total. The molecule has 0 amide bonds. The Balaban J connectivity index is 2.19. The molecule has 0 spiro atoms. The number of nitrogens with one attached hydrogen (secondary N) is 1. The van der Waals surface area contributed by atoms with Crippen molar-refractivity contribution in [3.63, 3.8) is 0 Å². The molecule has 1 heterocycles. The Morgan fingerprint density at radius 1 is 1.28 bits per heavy atom.